The summed E-state index contributed by atoms with van der Waals surface area (Å²) in [5, 5.41) is 0. The number of fused-ring (bicyclic) bond motifs is 1. The van der Waals surface area contributed by atoms with E-state index in [-0.39, 0.29) is 0 Å². The molecule has 0 saturated carbocycles. The Labute approximate surface area is 119 Å². The molecule has 0 fully saturated rings. The molecular weight excluding hydrogens is 288 g/mol. The van der Waals surface area contributed by atoms with Gasteiger partial charge >= 0.3 is 0 Å². The van der Waals surface area contributed by atoms with Crippen molar-refractivity contribution in [2.24, 2.45) is 11.8 Å². The normalized spacial score (nSPS) is 21.6. The molecule has 1 aromatic carbocycles. The van der Waals surface area contributed by atoms with Crippen molar-refractivity contribution in [3.05, 3.63) is 29.3 Å². The first-order valence-electron chi connectivity index (χ1n) is 6.87. The van der Waals surface area contributed by atoms with Crippen LogP contribution < -0.4 is 4.74 Å². The fourth-order valence-corrected chi connectivity index (χ4v) is 3.70. The first kappa shape index (κ1) is 13.9. The summed E-state index contributed by atoms with van der Waals surface area (Å²) in [5.41, 5.74) is 2.71. The maximum absolute atomic E-state index is 6.07. The molecule has 0 amide bonds. The Morgan fingerprint density at radius 3 is 2.67 bits per heavy atom. The van der Waals surface area contributed by atoms with Gasteiger partial charge in [0.15, 0.2) is 0 Å². The predicted octanol–water partition coefficient (Wildman–Crippen LogP) is 4.74. The Morgan fingerprint density at radius 2 is 2.06 bits per heavy atom. The number of halogens is 1. The monoisotopic (exact) mass is 310 g/mol. The summed E-state index contributed by atoms with van der Waals surface area (Å²) in [6.07, 6.45) is 2.56. The van der Waals surface area contributed by atoms with Crippen molar-refractivity contribution in [1.29, 1.82) is 0 Å². The van der Waals surface area contributed by atoms with Gasteiger partial charge in [-0.3, -0.25) is 0 Å². The molecule has 1 aliphatic rings. The van der Waals surface area contributed by atoms with E-state index in [9.17, 15) is 0 Å². The topological polar surface area (TPSA) is 9.23 Å². The molecule has 0 N–H and O–H groups in total. The minimum Gasteiger partial charge on any atom is -0.490 e. The van der Waals surface area contributed by atoms with Crippen LogP contribution >= 0.6 is 15.9 Å². The van der Waals surface area contributed by atoms with Crippen LogP contribution in [-0.2, 0) is 6.42 Å². The Bertz CT molecular complexity index is 404. The van der Waals surface area contributed by atoms with Gasteiger partial charge in [-0.2, -0.15) is 0 Å². The van der Waals surface area contributed by atoms with Crippen molar-refractivity contribution in [2.75, 3.05) is 0 Å². The van der Waals surface area contributed by atoms with Crippen molar-refractivity contribution >= 4 is 15.9 Å². The van der Waals surface area contributed by atoms with Gasteiger partial charge in [-0.1, -0.05) is 54.4 Å². The number of rotatable bonds is 4. The van der Waals surface area contributed by atoms with Gasteiger partial charge in [0.05, 0.1) is 0 Å². The molecule has 3 atom stereocenters. The van der Waals surface area contributed by atoms with Crippen LogP contribution in [-0.4, -0.2) is 10.9 Å². The highest BCUT2D eigenvalue weighted by Crippen LogP contribution is 2.35. The zero-order valence-electron chi connectivity index (χ0n) is 11.7. The molecule has 2 rings (SSSR count). The van der Waals surface area contributed by atoms with Crippen LogP contribution in [0, 0.1) is 18.8 Å². The van der Waals surface area contributed by atoms with Gasteiger partial charge in [0, 0.05) is 11.2 Å². The summed E-state index contributed by atoms with van der Waals surface area (Å²) >= 11 is 3.74. The molecule has 0 aromatic heterocycles. The summed E-state index contributed by atoms with van der Waals surface area (Å²) in [7, 11) is 0. The van der Waals surface area contributed by atoms with Gasteiger partial charge in [-0.15, -0.1) is 0 Å². The van der Waals surface area contributed by atoms with Crippen molar-refractivity contribution in [1.82, 2.24) is 0 Å². The Morgan fingerprint density at radius 1 is 1.33 bits per heavy atom. The van der Waals surface area contributed by atoms with Gasteiger partial charge < -0.3 is 4.74 Å². The largest absolute Gasteiger partial charge is 0.490 e. The Kier molecular flexibility index (Phi) is 4.37. The standard InChI is InChI=1S/C16H23BrO/c1-10(2)15(12(4)17)9-14-8-13-7-11(3)5-6-16(13)18-14/h5-7,10,12,14-15H,8-9H2,1-4H3. The maximum Gasteiger partial charge on any atom is 0.123 e. The average Bonchev–Trinajstić information content (AvgIpc) is 2.66. The molecule has 1 aromatic rings. The van der Waals surface area contributed by atoms with E-state index in [1.807, 2.05) is 0 Å². The molecule has 1 heterocycles. The van der Waals surface area contributed by atoms with E-state index in [0.717, 1.165) is 18.6 Å². The van der Waals surface area contributed by atoms with Crippen molar-refractivity contribution in [2.45, 2.75) is 51.5 Å². The van der Waals surface area contributed by atoms with Crippen molar-refractivity contribution < 1.29 is 4.74 Å². The van der Waals surface area contributed by atoms with Crippen molar-refractivity contribution in [3.8, 4) is 5.75 Å². The molecule has 1 nitrogen and oxygen atoms in total. The minimum absolute atomic E-state index is 0.356. The maximum atomic E-state index is 6.07. The van der Waals surface area contributed by atoms with E-state index in [0.29, 0.717) is 22.8 Å². The third kappa shape index (κ3) is 3.09. The SMILES string of the molecule is Cc1ccc2c(c1)CC(CC(C(C)C)C(C)Br)O2. The molecule has 0 bridgehead atoms. The van der Waals surface area contributed by atoms with Crippen molar-refractivity contribution in [3.63, 3.8) is 0 Å². The summed E-state index contributed by atoms with van der Waals surface area (Å²) in [4.78, 5) is 0.548. The molecular formula is C16H23BrO. The lowest BCUT2D eigenvalue weighted by molar-refractivity contribution is 0.175. The number of hydrogen-bond donors (Lipinski definition) is 0. The van der Waals surface area contributed by atoms with E-state index in [1.165, 1.54) is 11.1 Å². The van der Waals surface area contributed by atoms with E-state index < -0.39 is 0 Å². The van der Waals surface area contributed by atoms with Gasteiger partial charge in [-0.25, -0.2) is 0 Å². The molecule has 0 spiro atoms. The Hall–Kier alpha value is -0.500. The zero-order valence-corrected chi connectivity index (χ0v) is 13.3. The first-order chi connectivity index (χ1) is 8.47. The van der Waals surface area contributed by atoms with Gasteiger partial charge in [0.2, 0.25) is 0 Å². The van der Waals surface area contributed by atoms with Gasteiger partial charge in [0.1, 0.15) is 11.9 Å². The number of ether oxygens (including phenoxy) is 1. The van der Waals surface area contributed by atoms with Crippen LogP contribution in [0.25, 0.3) is 0 Å². The molecule has 18 heavy (non-hydrogen) atoms. The van der Waals surface area contributed by atoms with Crippen LogP contribution in [0.4, 0.5) is 0 Å². The lowest BCUT2D eigenvalue weighted by Gasteiger charge is -2.26. The van der Waals surface area contributed by atoms with Gasteiger partial charge in [0.25, 0.3) is 0 Å². The third-order valence-electron chi connectivity index (χ3n) is 3.94. The highest BCUT2D eigenvalue weighted by atomic mass is 79.9. The van der Waals surface area contributed by atoms with Crippen LogP contribution in [0.2, 0.25) is 0 Å². The Balaban J connectivity index is 2.02. The molecule has 3 unspecified atom stereocenters. The number of alkyl halides is 1. The second kappa shape index (κ2) is 5.64. The van der Waals surface area contributed by atoms with Crippen LogP contribution in [0.1, 0.15) is 38.3 Å². The summed E-state index contributed by atoms with van der Waals surface area (Å²) in [5.74, 6) is 2.45. The van der Waals surface area contributed by atoms with Crippen LogP contribution in [0.15, 0.2) is 18.2 Å². The highest BCUT2D eigenvalue weighted by Gasteiger charge is 2.29. The highest BCUT2D eigenvalue weighted by molar-refractivity contribution is 9.09. The molecule has 0 radical (unpaired) electrons. The van der Waals surface area contributed by atoms with Crippen LogP contribution in [0.3, 0.4) is 0 Å². The molecule has 0 saturated heterocycles. The second-order valence-corrected chi connectivity index (χ2v) is 7.32. The summed E-state index contributed by atoms with van der Waals surface area (Å²) < 4.78 is 6.07. The van der Waals surface area contributed by atoms with Gasteiger partial charge in [-0.05, 0) is 36.8 Å². The van der Waals surface area contributed by atoms with Crippen LogP contribution in [0.5, 0.6) is 5.75 Å². The summed E-state index contributed by atoms with van der Waals surface area (Å²) in [6, 6.07) is 6.51. The number of hydrogen-bond acceptors (Lipinski definition) is 1. The summed E-state index contributed by atoms with van der Waals surface area (Å²) in [6.45, 7) is 8.99. The molecule has 100 valence electrons. The van der Waals surface area contributed by atoms with E-state index in [4.69, 9.17) is 4.74 Å². The molecule has 1 aliphatic heterocycles. The fraction of sp³-hybridized carbons (Fsp3) is 0.625. The first-order valence-corrected chi connectivity index (χ1v) is 7.79. The lowest BCUT2D eigenvalue weighted by Crippen LogP contribution is -2.26. The average molecular weight is 311 g/mol. The number of benzene rings is 1. The fourth-order valence-electron chi connectivity index (χ4n) is 2.87. The number of aryl methyl sites for hydroxylation is 1. The lowest BCUT2D eigenvalue weighted by atomic mass is 9.87. The minimum atomic E-state index is 0.356. The predicted molar refractivity (Wildman–Crippen MR) is 80.6 cm³/mol. The quantitative estimate of drug-likeness (QED) is 0.730. The molecule has 2 heteroatoms. The van der Waals surface area contributed by atoms with E-state index in [2.05, 4.69) is 61.8 Å². The third-order valence-corrected chi connectivity index (χ3v) is 4.62. The molecule has 0 aliphatic carbocycles. The zero-order chi connectivity index (χ0) is 13.3. The second-order valence-electron chi connectivity index (χ2n) is 5.88. The van der Waals surface area contributed by atoms with E-state index in [1.54, 1.807) is 0 Å². The smallest absolute Gasteiger partial charge is 0.123 e. The van der Waals surface area contributed by atoms with E-state index >= 15 is 0 Å².